The number of hydrogen-bond acceptors (Lipinski definition) is 4. The van der Waals surface area contributed by atoms with Crippen LogP contribution in [0.3, 0.4) is 0 Å². The van der Waals surface area contributed by atoms with E-state index in [-0.39, 0.29) is 11.5 Å². The average Bonchev–Trinajstić information content (AvgIpc) is 2.71. The van der Waals surface area contributed by atoms with Crippen LogP contribution in [0, 0.1) is 15.3 Å². The smallest absolute Gasteiger partial charge is 0.316 e. The largest absolute Gasteiger partial charge is 0.711 e. The summed E-state index contributed by atoms with van der Waals surface area (Å²) < 4.78 is 1.78. The summed E-state index contributed by atoms with van der Waals surface area (Å²) in [6, 6.07) is 3.93. The topological polar surface area (TPSA) is 87.9 Å². The zero-order valence-electron chi connectivity index (χ0n) is 7.48. The molecule has 0 unspecified atom stereocenters. The van der Waals surface area contributed by atoms with Crippen molar-refractivity contribution in [2.45, 2.75) is 0 Å². The van der Waals surface area contributed by atoms with E-state index >= 15 is 0 Å². The summed E-state index contributed by atoms with van der Waals surface area (Å²) in [6.45, 7) is 0. The molecule has 0 aliphatic heterocycles. The fraction of sp³-hybridized carbons (Fsp3) is 0. The maximum atomic E-state index is 11.3. The van der Waals surface area contributed by atoms with E-state index < -0.39 is 4.92 Å². The second-order valence-corrected chi connectivity index (χ2v) is 2.78. The lowest BCUT2D eigenvalue weighted by atomic mass is 10.4. The Labute approximate surface area is 83.9 Å². The molecule has 0 bridgehead atoms. The third kappa shape index (κ3) is 1.62. The molecule has 0 N–H and O–H groups in total. The number of nitro groups is 1. The third-order valence-electron chi connectivity index (χ3n) is 1.83. The van der Waals surface area contributed by atoms with E-state index in [0.717, 1.165) is 12.3 Å². The predicted octanol–water partition coefficient (Wildman–Crippen LogP) is 0.414. The molecule has 0 saturated carbocycles. The Kier molecular flexibility index (Phi) is 2.05. The standard InChI is InChI=1S/C8H6N4O3/c13-11-5-2-7(12(14)15)6-8(11)10-4-1-3-9-10/h1-6H. The Balaban J connectivity index is 2.55. The zero-order chi connectivity index (χ0) is 10.8. The lowest BCUT2D eigenvalue weighted by Crippen LogP contribution is -2.31. The van der Waals surface area contributed by atoms with Gasteiger partial charge in [0.1, 0.15) is 18.5 Å². The second kappa shape index (κ2) is 3.37. The lowest BCUT2D eigenvalue weighted by Gasteiger charge is -2.05. The van der Waals surface area contributed by atoms with E-state index in [9.17, 15) is 15.3 Å². The molecule has 0 spiro atoms. The number of aromatic nitrogens is 3. The molecule has 2 heterocycles. The number of nitrogens with zero attached hydrogens (tertiary/aromatic N) is 4. The Hall–Kier alpha value is -2.44. The third-order valence-corrected chi connectivity index (χ3v) is 1.83. The maximum Gasteiger partial charge on any atom is 0.316 e. The van der Waals surface area contributed by atoms with Crippen molar-refractivity contribution in [3.63, 3.8) is 0 Å². The lowest BCUT2D eigenvalue weighted by molar-refractivity contribution is -0.600. The van der Waals surface area contributed by atoms with Crippen LogP contribution in [-0.2, 0) is 0 Å². The van der Waals surface area contributed by atoms with Crippen LogP contribution in [0.2, 0.25) is 0 Å². The molecule has 76 valence electrons. The van der Waals surface area contributed by atoms with Crippen LogP contribution in [0.1, 0.15) is 0 Å². The van der Waals surface area contributed by atoms with E-state index in [0.29, 0.717) is 4.73 Å². The van der Waals surface area contributed by atoms with Crippen LogP contribution in [0.25, 0.3) is 5.82 Å². The second-order valence-electron chi connectivity index (χ2n) is 2.78. The van der Waals surface area contributed by atoms with E-state index in [2.05, 4.69) is 5.10 Å². The first-order chi connectivity index (χ1) is 7.18. The van der Waals surface area contributed by atoms with Crippen molar-refractivity contribution in [2.75, 3.05) is 0 Å². The molecule has 7 nitrogen and oxygen atoms in total. The van der Waals surface area contributed by atoms with Gasteiger partial charge in [0.05, 0.1) is 17.2 Å². The van der Waals surface area contributed by atoms with Crippen molar-refractivity contribution >= 4 is 5.69 Å². The maximum absolute atomic E-state index is 11.3. The monoisotopic (exact) mass is 206 g/mol. The van der Waals surface area contributed by atoms with Gasteiger partial charge in [-0.15, -0.1) is 4.68 Å². The van der Waals surface area contributed by atoms with Gasteiger partial charge in [-0.2, -0.15) is 0 Å². The van der Waals surface area contributed by atoms with Crippen molar-refractivity contribution < 1.29 is 9.65 Å². The minimum Gasteiger partial charge on any atom is -0.711 e. The van der Waals surface area contributed by atoms with Crippen LogP contribution in [0.5, 0.6) is 0 Å². The predicted molar refractivity (Wildman–Crippen MR) is 49.2 cm³/mol. The summed E-state index contributed by atoms with van der Waals surface area (Å²) >= 11 is 0. The molecule has 2 rings (SSSR count). The molecule has 0 aromatic carbocycles. The van der Waals surface area contributed by atoms with Gasteiger partial charge in [-0.25, -0.2) is 4.73 Å². The zero-order valence-corrected chi connectivity index (χ0v) is 7.48. The first-order valence-corrected chi connectivity index (χ1v) is 4.06. The highest BCUT2D eigenvalue weighted by Gasteiger charge is 2.15. The van der Waals surface area contributed by atoms with Gasteiger partial charge < -0.3 is 5.21 Å². The Morgan fingerprint density at radius 3 is 2.93 bits per heavy atom. The summed E-state index contributed by atoms with van der Waals surface area (Å²) in [5.74, 6) is 0.0919. The first kappa shape index (κ1) is 9.13. The molecule has 15 heavy (non-hydrogen) atoms. The average molecular weight is 206 g/mol. The summed E-state index contributed by atoms with van der Waals surface area (Å²) in [4.78, 5) is 9.94. The van der Waals surface area contributed by atoms with Gasteiger partial charge in [-0.3, -0.25) is 10.1 Å². The quantitative estimate of drug-likeness (QED) is 0.308. The van der Waals surface area contributed by atoms with Gasteiger partial charge in [0.2, 0.25) is 0 Å². The van der Waals surface area contributed by atoms with Crippen LogP contribution >= 0.6 is 0 Å². The Morgan fingerprint density at radius 2 is 2.33 bits per heavy atom. The molecule has 2 aromatic heterocycles. The molecule has 0 saturated heterocycles. The molecule has 0 atom stereocenters. The fourth-order valence-corrected chi connectivity index (χ4v) is 1.15. The Morgan fingerprint density at radius 1 is 1.53 bits per heavy atom. The molecule has 0 aliphatic carbocycles. The summed E-state index contributed by atoms with van der Waals surface area (Å²) in [5, 5.41) is 25.6. The van der Waals surface area contributed by atoms with Crippen molar-refractivity contribution in [3.8, 4) is 5.82 Å². The molecule has 0 radical (unpaired) electrons. The van der Waals surface area contributed by atoms with E-state index in [4.69, 9.17) is 0 Å². The molecule has 2 aromatic rings. The van der Waals surface area contributed by atoms with Crippen LogP contribution < -0.4 is 4.73 Å². The van der Waals surface area contributed by atoms with Crippen molar-refractivity contribution in [1.29, 1.82) is 0 Å². The SMILES string of the molecule is O=[N+]([O-])c1cc[n+]([O-])c(-n2cccn2)c1. The Bertz CT molecular complexity index is 495. The van der Waals surface area contributed by atoms with Gasteiger partial charge in [0, 0.05) is 6.07 Å². The van der Waals surface area contributed by atoms with Gasteiger partial charge in [0.15, 0.2) is 0 Å². The van der Waals surface area contributed by atoms with E-state index in [1.807, 2.05) is 0 Å². The molecule has 0 aliphatic rings. The first-order valence-electron chi connectivity index (χ1n) is 4.06. The van der Waals surface area contributed by atoms with E-state index in [1.165, 1.54) is 23.1 Å². The highest BCUT2D eigenvalue weighted by atomic mass is 16.6. The highest BCUT2D eigenvalue weighted by molar-refractivity contribution is 5.33. The van der Waals surface area contributed by atoms with Crippen molar-refractivity contribution in [2.24, 2.45) is 0 Å². The number of hydrogen-bond donors (Lipinski definition) is 0. The van der Waals surface area contributed by atoms with Gasteiger partial charge in [-0.1, -0.05) is 5.10 Å². The minimum absolute atomic E-state index is 0.0919. The van der Waals surface area contributed by atoms with Gasteiger partial charge in [-0.05, 0) is 0 Å². The molecular formula is C8H6N4O3. The normalized spacial score (nSPS) is 10.1. The van der Waals surface area contributed by atoms with Crippen LogP contribution in [0.15, 0.2) is 36.8 Å². The highest BCUT2D eigenvalue weighted by Crippen LogP contribution is 2.11. The molecule has 0 fully saturated rings. The number of rotatable bonds is 2. The molecular weight excluding hydrogens is 200 g/mol. The van der Waals surface area contributed by atoms with Crippen molar-refractivity contribution in [1.82, 2.24) is 9.78 Å². The molecule has 7 heteroatoms. The van der Waals surface area contributed by atoms with Crippen molar-refractivity contribution in [3.05, 3.63) is 52.1 Å². The summed E-state index contributed by atoms with van der Waals surface area (Å²) in [6.07, 6.45) is 4.10. The molecule has 0 amide bonds. The van der Waals surface area contributed by atoms with E-state index in [1.54, 1.807) is 6.07 Å². The summed E-state index contributed by atoms with van der Waals surface area (Å²) in [5.41, 5.74) is -0.146. The summed E-state index contributed by atoms with van der Waals surface area (Å²) in [7, 11) is 0. The van der Waals surface area contributed by atoms with Crippen LogP contribution in [-0.4, -0.2) is 14.7 Å². The fourth-order valence-electron chi connectivity index (χ4n) is 1.15. The van der Waals surface area contributed by atoms with Gasteiger partial charge in [0.25, 0.3) is 5.69 Å². The van der Waals surface area contributed by atoms with Crippen LogP contribution in [0.4, 0.5) is 5.69 Å². The van der Waals surface area contributed by atoms with Gasteiger partial charge >= 0.3 is 5.82 Å². The number of pyridine rings is 1. The minimum atomic E-state index is -0.562.